The van der Waals surface area contributed by atoms with E-state index in [9.17, 15) is 9.90 Å². The van der Waals surface area contributed by atoms with Crippen molar-refractivity contribution in [2.45, 2.75) is 25.4 Å². The average molecular weight is 527 g/mol. The molecule has 5 heterocycles. The van der Waals surface area contributed by atoms with E-state index in [4.69, 9.17) is 19.6 Å². The van der Waals surface area contributed by atoms with Gasteiger partial charge in [-0.2, -0.15) is 0 Å². The fourth-order valence-electron chi connectivity index (χ4n) is 5.28. The Kier molecular flexibility index (Phi) is 6.93. The lowest BCUT2D eigenvalue weighted by Gasteiger charge is -2.32. The van der Waals surface area contributed by atoms with Crippen molar-refractivity contribution in [1.29, 1.82) is 0 Å². The van der Waals surface area contributed by atoms with E-state index in [0.717, 1.165) is 56.0 Å². The SMILES string of the molecule is C=NCC1CCN(c2ccc(-c3cc(C(=O)O)nc4c3c(OC3CCOC3)nn4-c3ccccc3)cn2)CC1. The molecule has 1 atom stereocenters. The molecule has 0 saturated carbocycles. The molecule has 3 aromatic heterocycles. The second-order valence-corrected chi connectivity index (χ2v) is 9.96. The number of ether oxygens (including phenoxy) is 2. The number of aromatic carboxylic acids is 1. The molecule has 4 aromatic rings. The minimum absolute atomic E-state index is 0.0766. The lowest BCUT2D eigenvalue weighted by atomic mass is 9.97. The number of hydrogen-bond donors (Lipinski definition) is 1. The van der Waals surface area contributed by atoms with E-state index in [1.165, 1.54) is 0 Å². The summed E-state index contributed by atoms with van der Waals surface area (Å²) in [6.07, 6.45) is 4.51. The van der Waals surface area contributed by atoms with E-state index < -0.39 is 5.97 Å². The second kappa shape index (κ2) is 10.8. The molecule has 0 spiro atoms. The van der Waals surface area contributed by atoms with Crippen LogP contribution in [0.5, 0.6) is 5.88 Å². The molecule has 10 heteroatoms. The van der Waals surface area contributed by atoms with Crippen LogP contribution in [0.4, 0.5) is 5.82 Å². The van der Waals surface area contributed by atoms with Crippen molar-refractivity contribution in [1.82, 2.24) is 19.7 Å². The fraction of sp³-hybridized carbons (Fsp3) is 0.345. The van der Waals surface area contributed by atoms with E-state index in [1.807, 2.05) is 42.5 Å². The molecule has 1 aromatic carbocycles. The molecule has 0 amide bonds. The number of para-hydroxylation sites is 1. The van der Waals surface area contributed by atoms with Crippen molar-refractivity contribution in [2.75, 3.05) is 37.7 Å². The first kappa shape index (κ1) is 25.0. The molecule has 1 N–H and O–H groups in total. The molecule has 2 aliphatic rings. The Morgan fingerprint density at radius 1 is 1.15 bits per heavy atom. The third kappa shape index (κ3) is 5.07. The number of carbonyl (C=O) groups is 1. The van der Waals surface area contributed by atoms with Crippen molar-refractivity contribution in [3.63, 3.8) is 0 Å². The summed E-state index contributed by atoms with van der Waals surface area (Å²) < 4.78 is 13.5. The maximum absolute atomic E-state index is 12.1. The smallest absolute Gasteiger partial charge is 0.354 e. The quantitative estimate of drug-likeness (QED) is 0.339. The molecular weight excluding hydrogens is 496 g/mol. The van der Waals surface area contributed by atoms with Gasteiger partial charge in [0.05, 0.1) is 24.3 Å². The van der Waals surface area contributed by atoms with Crippen molar-refractivity contribution in [3.05, 3.63) is 60.4 Å². The summed E-state index contributed by atoms with van der Waals surface area (Å²) in [6.45, 7) is 7.37. The highest BCUT2D eigenvalue weighted by Crippen LogP contribution is 2.37. The third-order valence-electron chi connectivity index (χ3n) is 7.38. The Morgan fingerprint density at radius 3 is 2.64 bits per heavy atom. The van der Waals surface area contributed by atoms with Gasteiger partial charge in [0.2, 0.25) is 5.88 Å². The maximum atomic E-state index is 12.1. The molecule has 1 unspecified atom stereocenters. The molecule has 10 nitrogen and oxygen atoms in total. The zero-order valence-corrected chi connectivity index (χ0v) is 21.6. The number of nitrogens with zero attached hydrogens (tertiary/aromatic N) is 6. The Labute approximate surface area is 225 Å². The first-order chi connectivity index (χ1) is 19.1. The van der Waals surface area contributed by atoms with Gasteiger partial charge in [-0.3, -0.25) is 0 Å². The predicted molar refractivity (Wildman–Crippen MR) is 148 cm³/mol. The number of rotatable bonds is 8. The van der Waals surface area contributed by atoms with Crippen molar-refractivity contribution >= 4 is 29.5 Å². The summed E-state index contributed by atoms with van der Waals surface area (Å²) in [4.78, 5) is 27.7. The minimum Gasteiger partial charge on any atom is -0.477 e. The molecule has 6 rings (SSSR count). The largest absolute Gasteiger partial charge is 0.477 e. The Morgan fingerprint density at radius 2 is 1.97 bits per heavy atom. The van der Waals surface area contributed by atoms with E-state index in [-0.39, 0.29) is 11.8 Å². The number of carboxylic acid groups (broad SMARTS) is 1. The van der Waals surface area contributed by atoms with E-state index in [1.54, 1.807) is 16.9 Å². The summed E-state index contributed by atoms with van der Waals surface area (Å²) in [7, 11) is 0. The highest BCUT2D eigenvalue weighted by Gasteiger charge is 2.26. The van der Waals surface area contributed by atoms with Crippen LogP contribution >= 0.6 is 0 Å². The number of pyridine rings is 2. The highest BCUT2D eigenvalue weighted by atomic mass is 16.5. The van der Waals surface area contributed by atoms with Gasteiger partial charge in [0.25, 0.3) is 0 Å². The van der Waals surface area contributed by atoms with Gasteiger partial charge >= 0.3 is 5.97 Å². The van der Waals surface area contributed by atoms with Crippen LogP contribution in [-0.2, 0) is 4.74 Å². The molecule has 0 radical (unpaired) electrons. The molecule has 39 heavy (non-hydrogen) atoms. The first-order valence-electron chi connectivity index (χ1n) is 13.2. The van der Waals surface area contributed by atoms with Gasteiger partial charge in [-0.25, -0.2) is 19.4 Å². The number of fused-ring (bicyclic) bond motifs is 1. The predicted octanol–water partition coefficient (Wildman–Crippen LogP) is 4.27. The topological polar surface area (TPSA) is 115 Å². The number of aromatic nitrogens is 4. The molecule has 2 aliphatic heterocycles. The van der Waals surface area contributed by atoms with Gasteiger partial charge in [-0.15, -0.1) is 5.10 Å². The van der Waals surface area contributed by atoms with Crippen LogP contribution in [0, 0.1) is 5.92 Å². The molecule has 0 bridgehead atoms. The summed E-state index contributed by atoms with van der Waals surface area (Å²) >= 11 is 0. The summed E-state index contributed by atoms with van der Waals surface area (Å²) in [6, 6.07) is 15.0. The average Bonchev–Trinajstić information content (AvgIpc) is 3.62. The van der Waals surface area contributed by atoms with E-state index >= 15 is 0 Å². The fourth-order valence-corrected chi connectivity index (χ4v) is 5.28. The zero-order chi connectivity index (χ0) is 26.8. The molecule has 2 saturated heterocycles. The summed E-state index contributed by atoms with van der Waals surface area (Å²) in [5, 5.41) is 15.3. The zero-order valence-electron chi connectivity index (χ0n) is 21.6. The van der Waals surface area contributed by atoms with Gasteiger partial charge in [0.1, 0.15) is 11.9 Å². The number of anilines is 1. The number of aliphatic imine (C=N–C) groups is 1. The van der Waals surface area contributed by atoms with Gasteiger partial charge in [-0.1, -0.05) is 18.2 Å². The molecule has 0 aliphatic carbocycles. The standard InChI is InChI=1S/C29H30N6O4/c1-30-16-19-9-12-34(13-10-19)25-8-7-20(17-31-25)23-15-24(29(36)37)32-27-26(23)28(39-22-11-14-38-18-22)33-35(27)21-5-3-2-4-6-21/h2-8,15,17,19,22H,1,9-14,16,18H2,(H,36,37). The van der Waals surface area contributed by atoms with Crippen LogP contribution in [0.3, 0.4) is 0 Å². The summed E-state index contributed by atoms with van der Waals surface area (Å²) in [5.74, 6) is 0.743. The minimum atomic E-state index is -1.12. The van der Waals surface area contributed by atoms with E-state index in [0.29, 0.717) is 41.6 Å². The van der Waals surface area contributed by atoms with Crippen LogP contribution in [0.1, 0.15) is 29.8 Å². The number of benzene rings is 1. The van der Waals surface area contributed by atoms with Gasteiger partial charge < -0.3 is 24.5 Å². The third-order valence-corrected chi connectivity index (χ3v) is 7.38. The van der Waals surface area contributed by atoms with Crippen LogP contribution in [0.2, 0.25) is 0 Å². The molecule has 2 fully saturated rings. The van der Waals surface area contributed by atoms with Gasteiger partial charge in [-0.05, 0) is 55.8 Å². The maximum Gasteiger partial charge on any atom is 0.354 e. The summed E-state index contributed by atoms with van der Waals surface area (Å²) in [5.41, 5.74) is 2.51. The normalized spacial score (nSPS) is 17.9. The monoisotopic (exact) mass is 526 g/mol. The van der Waals surface area contributed by atoms with Gasteiger partial charge in [0, 0.05) is 43.4 Å². The van der Waals surface area contributed by atoms with Crippen LogP contribution < -0.4 is 9.64 Å². The number of hydrogen-bond acceptors (Lipinski definition) is 8. The Balaban J connectivity index is 1.43. The van der Waals surface area contributed by atoms with Crippen molar-refractivity contribution in [2.24, 2.45) is 10.9 Å². The van der Waals surface area contributed by atoms with Crippen molar-refractivity contribution in [3.8, 4) is 22.7 Å². The number of piperidine rings is 1. The highest BCUT2D eigenvalue weighted by molar-refractivity contribution is 6.01. The second-order valence-electron chi connectivity index (χ2n) is 9.96. The van der Waals surface area contributed by atoms with Crippen molar-refractivity contribution < 1.29 is 19.4 Å². The number of carboxylic acids is 1. The van der Waals surface area contributed by atoms with Crippen LogP contribution in [0.25, 0.3) is 27.8 Å². The molecular formula is C29H30N6O4. The Hall–Kier alpha value is -4.31. The van der Waals surface area contributed by atoms with Gasteiger partial charge in [0.15, 0.2) is 11.3 Å². The lowest BCUT2D eigenvalue weighted by molar-refractivity contribution is 0.0691. The Bertz CT molecular complexity index is 1470. The van der Waals surface area contributed by atoms with Crippen LogP contribution in [-0.4, -0.2) is 76.5 Å². The lowest BCUT2D eigenvalue weighted by Crippen LogP contribution is -2.35. The first-order valence-corrected chi connectivity index (χ1v) is 13.2. The van der Waals surface area contributed by atoms with Crippen LogP contribution in [0.15, 0.2) is 59.7 Å². The van der Waals surface area contributed by atoms with E-state index in [2.05, 4.69) is 21.6 Å². The molecule has 200 valence electrons.